The van der Waals surface area contributed by atoms with E-state index in [-0.39, 0.29) is 6.10 Å². The van der Waals surface area contributed by atoms with Gasteiger partial charge in [0, 0.05) is 18.8 Å². The van der Waals surface area contributed by atoms with Crippen molar-refractivity contribution < 1.29 is 5.11 Å². The Hall–Kier alpha value is -1.02. The zero-order chi connectivity index (χ0) is 13.0. The highest BCUT2D eigenvalue weighted by Gasteiger charge is 2.14. The minimum atomic E-state index is -0.316. The van der Waals surface area contributed by atoms with Gasteiger partial charge in [0.2, 0.25) is 0 Å². The second kappa shape index (κ2) is 6.24. The molecule has 2 atom stereocenters. The van der Waals surface area contributed by atoms with E-state index in [9.17, 15) is 5.11 Å². The van der Waals surface area contributed by atoms with Crippen molar-refractivity contribution in [3.63, 3.8) is 0 Å². The van der Waals surface area contributed by atoms with Crippen molar-refractivity contribution in [3.05, 3.63) is 29.8 Å². The van der Waals surface area contributed by atoms with Crippen molar-refractivity contribution in [1.29, 1.82) is 0 Å². The van der Waals surface area contributed by atoms with Gasteiger partial charge in [0.05, 0.1) is 6.10 Å². The van der Waals surface area contributed by atoms with Gasteiger partial charge in [-0.25, -0.2) is 0 Å². The van der Waals surface area contributed by atoms with Gasteiger partial charge in [0.1, 0.15) is 0 Å². The molecular formula is C16H25NO. The first-order valence-electron chi connectivity index (χ1n) is 7.23. The molecule has 0 aliphatic carbocycles. The maximum Gasteiger partial charge on any atom is 0.0787 e. The molecule has 1 aromatic rings. The quantitative estimate of drug-likeness (QED) is 0.879. The zero-order valence-electron chi connectivity index (χ0n) is 11.6. The van der Waals surface area contributed by atoms with E-state index in [1.165, 1.54) is 31.5 Å². The molecule has 1 aromatic carbocycles. The van der Waals surface area contributed by atoms with Crippen LogP contribution in [0.25, 0.3) is 0 Å². The number of hydrogen-bond acceptors (Lipinski definition) is 2. The molecule has 0 bridgehead atoms. The van der Waals surface area contributed by atoms with Crippen LogP contribution in [0.15, 0.2) is 24.3 Å². The van der Waals surface area contributed by atoms with Crippen molar-refractivity contribution in [2.24, 2.45) is 5.92 Å². The average Bonchev–Trinajstić information content (AvgIpc) is 2.63. The minimum Gasteiger partial charge on any atom is -0.388 e. The molecule has 1 fully saturated rings. The van der Waals surface area contributed by atoms with Gasteiger partial charge in [-0.15, -0.1) is 0 Å². The van der Waals surface area contributed by atoms with Gasteiger partial charge < -0.3 is 10.0 Å². The van der Waals surface area contributed by atoms with Crippen molar-refractivity contribution in [2.45, 2.75) is 45.6 Å². The van der Waals surface area contributed by atoms with E-state index in [0.717, 1.165) is 24.4 Å². The molecule has 1 heterocycles. The highest BCUT2D eigenvalue weighted by atomic mass is 16.3. The van der Waals surface area contributed by atoms with E-state index in [0.29, 0.717) is 0 Å². The van der Waals surface area contributed by atoms with Crippen LogP contribution in [0.3, 0.4) is 0 Å². The first-order chi connectivity index (χ1) is 8.70. The van der Waals surface area contributed by atoms with Gasteiger partial charge >= 0.3 is 0 Å². The molecule has 2 heteroatoms. The fourth-order valence-corrected chi connectivity index (χ4v) is 2.66. The smallest absolute Gasteiger partial charge is 0.0787 e. The average molecular weight is 247 g/mol. The Morgan fingerprint density at radius 3 is 2.61 bits per heavy atom. The van der Waals surface area contributed by atoms with Crippen LogP contribution in [-0.2, 0) is 0 Å². The topological polar surface area (TPSA) is 23.5 Å². The van der Waals surface area contributed by atoms with Crippen LogP contribution in [0.4, 0.5) is 5.69 Å². The molecular weight excluding hydrogens is 222 g/mol. The Labute approximate surface area is 111 Å². The van der Waals surface area contributed by atoms with E-state index in [2.05, 4.69) is 36.1 Å². The monoisotopic (exact) mass is 247 g/mol. The molecule has 0 amide bonds. The lowest BCUT2D eigenvalue weighted by Gasteiger charge is -2.23. The minimum absolute atomic E-state index is 0.316. The summed E-state index contributed by atoms with van der Waals surface area (Å²) < 4.78 is 0. The van der Waals surface area contributed by atoms with Gasteiger partial charge in [0.15, 0.2) is 0 Å². The molecule has 100 valence electrons. The highest BCUT2D eigenvalue weighted by Crippen LogP contribution is 2.24. The lowest BCUT2D eigenvalue weighted by atomic mass is 10.0. The third-order valence-corrected chi connectivity index (χ3v) is 4.05. The fraction of sp³-hybridized carbons (Fsp3) is 0.625. The molecule has 2 nitrogen and oxygen atoms in total. The Balaban J connectivity index is 2.04. The zero-order valence-corrected chi connectivity index (χ0v) is 11.6. The molecule has 0 aromatic heterocycles. The summed E-state index contributed by atoms with van der Waals surface area (Å²) in [7, 11) is 0. The van der Waals surface area contributed by atoms with E-state index in [1.54, 1.807) is 0 Å². The van der Waals surface area contributed by atoms with E-state index >= 15 is 0 Å². The summed E-state index contributed by atoms with van der Waals surface area (Å²) in [6, 6.07) is 8.45. The molecule has 1 aliphatic rings. The molecule has 1 unspecified atom stereocenters. The summed E-state index contributed by atoms with van der Waals surface area (Å²) in [4.78, 5) is 2.48. The summed E-state index contributed by atoms with van der Waals surface area (Å²) in [5.74, 6) is 0.858. The molecule has 1 N–H and O–H groups in total. The summed E-state index contributed by atoms with van der Waals surface area (Å²) >= 11 is 0. The Bertz CT molecular complexity index is 360. The number of hydrogen-bond donors (Lipinski definition) is 1. The van der Waals surface area contributed by atoms with Crippen LogP contribution in [0, 0.1) is 5.92 Å². The highest BCUT2D eigenvalue weighted by molar-refractivity contribution is 5.48. The molecule has 0 spiro atoms. The van der Waals surface area contributed by atoms with Gasteiger partial charge in [-0.05, 0) is 49.3 Å². The van der Waals surface area contributed by atoms with Crippen molar-refractivity contribution in [2.75, 3.05) is 18.0 Å². The van der Waals surface area contributed by atoms with Crippen molar-refractivity contribution in [3.8, 4) is 0 Å². The van der Waals surface area contributed by atoms with Crippen LogP contribution in [0.2, 0.25) is 0 Å². The maximum atomic E-state index is 9.80. The lowest BCUT2D eigenvalue weighted by molar-refractivity contribution is 0.173. The SMILES string of the molecule is CC[C@H](O)c1ccc(N2CCCC(C)CC2)cc1. The normalized spacial score (nSPS) is 22.6. The summed E-state index contributed by atoms with van der Waals surface area (Å²) in [5.41, 5.74) is 2.33. The maximum absolute atomic E-state index is 9.80. The Morgan fingerprint density at radius 1 is 1.22 bits per heavy atom. The van der Waals surface area contributed by atoms with Gasteiger partial charge in [-0.1, -0.05) is 26.0 Å². The van der Waals surface area contributed by atoms with E-state index in [1.807, 2.05) is 6.92 Å². The first-order valence-corrected chi connectivity index (χ1v) is 7.23. The van der Waals surface area contributed by atoms with Crippen molar-refractivity contribution >= 4 is 5.69 Å². The van der Waals surface area contributed by atoms with Crippen LogP contribution in [0.5, 0.6) is 0 Å². The van der Waals surface area contributed by atoms with Crippen LogP contribution in [0.1, 0.15) is 51.2 Å². The molecule has 0 radical (unpaired) electrons. The van der Waals surface area contributed by atoms with E-state index in [4.69, 9.17) is 0 Å². The predicted molar refractivity (Wildman–Crippen MR) is 76.9 cm³/mol. The van der Waals surface area contributed by atoms with Crippen molar-refractivity contribution in [1.82, 2.24) is 0 Å². The standard InChI is InChI=1S/C16H25NO/c1-3-16(18)14-6-8-15(9-7-14)17-11-4-5-13(2)10-12-17/h6-9,13,16,18H,3-5,10-12H2,1-2H3/t13?,16-/m0/s1. The van der Waals surface area contributed by atoms with Gasteiger partial charge in [0.25, 0.3) is 0 Å². The van der Waals surface area contributed by atoms with Crippen LogP contribution < -0.4 is 4.90 Å². The predicted octanol–water partition coefficient (Wildman–Crippen LogP) is 3.76. The number of nitrogens with zero attached hydrogens (tertiary/aromatic N) is 1. The Kier molecular flexibility index (Phi) is 4.65. The largest absolute Gasteiger partial charge is 0.388 e. The fourth-order valence-electron chi connectivity index (χ4n) is 2.66. The Morgan fingerprint density at radius 2 is 1.94 bits per heavy atom. The first kappa shape index (κ1) is 13.4. The van der Waals surface area contributed by atoms with Crippen LogP contribution >= 0.6 is 0 Å². The number of aliphatic hydroxyl groups excluding tert-OH is 1. The third kappa shape index (κ3) is 3.26. The van der Waals surface area contributed by atoms with E-state index < -0.39 is 0 Å². The second-order valence-corrected chi connectivity index (χ2v) is 5.54. The number of rotatable bonds is 3. The molecule has 18 heavy (non-hydrogen) atoms. The van der Waals surface area contributed by atoms with Gasteiger partial charge in [-0.3, -0.25) is 0 Å². The molecule has 2 rings (SSSR count). The second-order valence-electron chi connectivity index (χ2n) is 5.54. The van der Waals surface area contributed by atoms with Gasteiger partial charge in [-0.2, -0.15) is 0 Å². The molecule has 1 saturated heterocycles. The number of aliphatic hydroxyl groups is 1. The number of anilines is 1. The number of benzene rings is 1. The molecule has 0 saturated carbocycles. The summed E-state index contributed by atoms with van der Waals surface area (Å²) in [5, 5.41) is 9.80. The summed E-state index contributed by atoms with van der Waals surface area (Å²) in [6.45, 7) is 6.69. The molecule has 1 aliphatic heterocycles. The van der Waals surface area contributed by atoms with Crippen LogP contribution in [-0.4, -0.2) is 18.2 Å². The lowest BCUT2D eigenvalue weighted by Crippen LogP contribution is -2.24. The summed E-state index contributed by atoms with van der Waals surface area (Å²) in [6.07, 6.45) is 4.40. The third-order valence-electron chi connectivity index (χ3n) is 4.05.